The van der Waals surface area contributed by atoms with Crippen LogP contribution in [0.1, 0.15) is 20.3 Å². The van der Waals surface area contributed by atoms with Crippen LogP contribution < -0.4 is 11.1 Å². The molecule has 3 unspecified atom stereocenters. The van der Waals surface area contributed by atoms with Gasteiger partial charge < -0.3 is 11.1 Å². The Morgan fingerprint density at radius 1 is 1.53 bits per heavy atom. The molecular formula is C15H23N3O. The summed E-state index contributed by atoms with van der Waals surface area (Å²) in [5, 5.41) is 2.89. The Morgan fingerprint density at radius 2 is 2.16 bits per heavy atom. The van der Waals surface area contributed by atoms with Crippen molar-refractivity contribution in [3.05, 3.63) is 24.3 Å². The summed E-state index contributed by atoms with van der Waals surface area (Å²) in [6.07, 6.45) is 1.28. The molecule has 19 heavy (non-hydrogen) atoms. The third-order valence-electron chi connectivity index (χ3n) is 4.06. The number of benzene rings is 1. The third-order valence-corrected chi connectivity index (χ3v) is 4.06. The van der Waals surface area contributed by atoms with Gasteiger partial charge in [-0.05, 0) is 44.4 Å². The number of nitrogens with one attached hydrogen (secondary N) is 1. The molecule has 1 aromatic carbocycles. The molecule has 4 heteroatoms. The van der Waals surface area contributed by atoms with Crippen molar-refractivity contribution in [2.24, 2.45) is 11.8 Å². The minimum Gasteiger partial charge on any atom is -0.397 e. The summed E-state index contributed by atoms with van der Waals surface area (Å²) < 4.78 is 0. The Kier molecular flexibility index (Phi) is 4.10. The second-order valence-corrected chi connectivity index (χ2v) is 5.67. The van der Waals surface area contributed by atoms with Crippen LogP contribution in [0.25, 0.3) is 0 Å². The number of rotatable bonds is 5. The lowest BCUT2D eigenvalue weighted by Crippen LogP contribution is -2.40. The number of nitrogens with zero attached hydrogens (tertiary/aromatic N) is 1. The van der Waals surface area contributed by atoms with Gasteiger partial charge in [0.05, 0.1) is 17.4 Å². The second kappa shape index (κ2) is 5.61. The largest absolute Gasteiger partial charge is 0.397 e. The van der Waals surface area contributed by atoms with E-state index >= 15 is 0 Å². The maximum Gasteiger partial charge on any atom is 0.241 e. The zero-order valence-corrected chi connectivity index (χ0v) is 11.9. The molecule has 1 aromatic rings. The van der Waals surface area contributed by atoms with Gasteiger partial charge in [0.1, 0.15) is 0 Å². The van der Waals surface area contributed by atoms with Crippen molar-refractivity contribution >= 4 is 17.3 Å². The summed E-state index contributed by atoms with van der Waals surface area (Å²) in [4.78, 5) is 14.3. The predicted molar refractivity (Wildman–Crippen MR) is 78.8 cm³/mol. The Hall–Kier alpha value is -1.55. The predicted octanol–water partition coefficient (Wildman–Crippen LogP) is 2.18. The van der Waals surface area contributed by atoms with E-state index in [1.54, 1.807) is 6.07 Å². The molecule has 1 aliphatic carbocycles. The lowest BCUT2D eigenvalue weighted by molar-refractivity contribution is -0.120. The molecule has 0 radical (unpaired) electrons. The van der Waals surface area contributed by atoms with Crippen LogP contribution in [0.2, 0.25) is 0 Å². The quantitative estimate of drug-likeness (QED) is 0.799. The topological polar surface area (TPSA) is 58.4 Å². The molecule has 0 heterocycles. The van der Waals surface area contributed by atoms with Crippen LogP contribution in [0, 0.1) is 11.8 Å². The fourth-order valence-electron chi connectivity index (χ4n) is 2.23. The normalized spacial score (nSPS) is 23.2. The minimum absolute atomic E-state index is 0.00583. The van der Waals surface area contributed by atoms with Gasteiger partial charge in [0.2, 0.25) is 5.91 Å². The number of hydrogen-bond acceptors (Lipinski definition) is 3. The van der Waals surface area contributed by atoms with Gasteiger partial charge in [-0.25, -0.2) is 0 Å². The fraction of sp³-hybridized carbons (Fsp3) is 0.533. The number of hydrogen-bond donors (Lipinski definition) is 2. The Bertz CT molecular complexity index is 460. The average molecular weight is 261 g/mol. The standard InChI is InChI=1S/C15H23N3O/c1-10-8-12(10)9-18(3)11(2)15(19)17-14-7-5-4-6-13(14)16/h4-7,10-12H,8-9,16H2,1-3H3,(H,17,19). The smallest absolute Gasteiger partial charge is 0.241 e. The van der Waals surface area contributed by atoms with Crippen molar-refractivity contribution in [1.29, 1.82) is 0 Å². The van der Waals surface area contributed by atoms with E-state index in [0.29, 0.717) is 11.4 Å². The van der Waals surface area contributed by atoms with Gasteiger partial charge in [0, 0.05) is 6.54 Å². The van der Waals surface area contributed by atoms with Crippen LogP contribution in [-0.4, -0.2) is 30.4 Å². The van der Waals surface area contributed by atoms with Crippen LogP contribution in [0.4, 0.5) is 11.4 Å². The Balaban J connectivity index is 1.90. The Morgan fingerprint density at radius 3 is 2.74 bits per heavy atom. The number of amides is 1. The zero-order chi connectivity index (χ0) is 14.0. The van der Waals surface area contributed by atoms with Crippen molar-refractivity contribution < 1.29 is 4.79 Å². The molecule has 0 saturated heterocycles. The molecule has 0 spiro atoms. The van der Waals surface area contributed by atoms with Crippen molar-refractivity contribution in [1.82, 2.24) is 4.90 Å². The maximum absolute atomic E-state index is 12.2. The molecule has 1 saturated carbocycles. The second-order valence-electron chi connectivity index (χ2n) is 5.67. The van der Waals surface area contributed by atoms with E-state index in [0.717, 1.165) is 18.4 Å². The number of likely N-dealkylation sites (N-methyl/N-ethyl adjacent to an activating group) is 1. The maximum atomic E-state index is 12.2. The summed E-state index contributed by atoms with van der Waals surface area (Å²) in [6.45, 7) is 5.18. The first-order valence-corrected chi connectivity index (χ1v) is 6.84. The summed E-state index contributed by atoms with van der Waals surface area (Å²) in [5.74, 6) is 1.55. The first-order chi connectivity index (χ1) is 8.99. The van der Waals surface area contributed by atoms with Crippen molar-refractivity contribution in [2.75, 3.05) is 24.6 Å². The van der Waals surface area contributed by atoms with E-state index in [-0.39, 0.29) is 11.9 Å². The van der Waals surface area contributed by atoms with Gasteiger partial charge in [-0.2, -0.15) is 0 Å². The number of nitrogen functional groups attached to an aromatic ring is 1. The molecular weight excluding hydrogens is 238 g/mol. The van der Waals surface area contributed by atoms with E-state index in [1.165, 1.54) is 6.42 Å². The number of anilines is 2. The van der Waals surface area contributed by atoms with Crippen molar-refractivity contribution in [3.8, 4) is 0 Å². The van der Waals surface area contributed by atoms with Crippen LogP contribution in [0.15, 0.2) is 24.3 Å². The van der Waals surface area contributed by atoms with Gasteiger partial charge in [0.25, 0.3) is 0 Å². The molecule has 0 aliphatic heterocycles. The molecule has 0 aromatic heterocycles. The monoisotopic (exact) mass is 261 g/mol. The van der Waals surface area contributed by atoms with Gasteiger partial charge in [-0.1, -0.05) is 19.1 Å². The summed E-state index contributed by atoms with van der Waals surface area (Å²) in [7, 11) is 2.00. The van der Waals surface area contributed by atoms with Crippen LogP contribution >= 0.6 is 0 Å². The summed E-state index contributed by atoms with van der Waals surface area (Å²) in [5.41, 5.74) is 7.11. The van der Waals surface area contributed by atoms with Crippen LogP contribution in [0.5, 0.6) is 0 Å². The lowest BCUT2D eigenvalue weighted by Gasteiger charge is -2.24. The molecule has 104 valence electrons. The minimum atomic E-state index is -0.146. The highest BCUT2D eigenvalue weighted by Crippen LogP contribution is 2.38. The lowest BCUT2D eigenvalue weighted by atomic mass is 10.2. The number of para-hydroxylation sites is 2. The van der Waals surface area contributed by atoms with Gasteiger partial charge in [0.15, 0.2) is 0 Å². The highest BCUT2D eigenvalue weighted by Gasteiger charge is 2.34. The number of carbonyl (C=O) groups is 1. The van der Waals surface area contributed by atoms with Gasteiger partial charge in [-0.15, -0.1) is 0 Å². The zero-order valence-electron chi connectivity index (χ0n) is 11.9. The molecule has 3 N–H and O–H groups in total. The summed E-state index contributed by atoms with van der Waals surface area (Å²) in [6, 6.07) is 7.19. The SMILES string of the molecule is CC1CC1CN(C)C(C)C(=O)Nc1ccccc1N. The fourth-order valence-corrected chi connectivity index (χ4v) is 2.23. The van der Waals surface area contributed by atoms with Crippen LogP contribution in [0.3, 0.4) is 0 Å². The van der Waals surface area contributed by atoms with Gasteiger partial charge >= 0.3 is 0 Å². The Labute approximate surface area is 115 Å². The first kappa shape index (κ1) is 13.9. The third kappa shape index (κ3) is 3.47. The summed E-state index contributed by atoms with van der Waals surface area (Å²) >= 11 is 0. The highest BCUT2D eigenvalue weighted by molar-refractivity contribution is 5.96. The van der Waals surface area contributed by atoms with E-state index in [9.17, 15) is 4.79 Å². The molecule has 1 aliphatic rings. The number of carbonyl (C=O) groups excluding carboxylic acids is 1. The molecule has 1 amide bonds. The molecule has 4 nitrogen and oxygen atoms in total. The van der Waals surface area contributed by atoms with Gasteiger partial charge in [-0.3, -0.25) is 9.69 Å². The van der Waals surface area contributed by atoms with E-state index in [2.05, 4.69) is 17.1 Å². The van der Waals surface area contributed by atoms with Crippen LogP contribution in [-0.2, 0) is 4.79 Å². The highest BCUT2D eigenvalue weighted by atomic mass is 16.2. The number of nitrogens with two attached hydrogens (primary N) is 1. The van der Waals surface area contributed by atoms with E-state index in [4.69, 9.17) is 5.73 Å². The van der Waals surface area contributed by atoms with E-state index in [1.807, 2.05) is 32.2 Å². The molecule has 3 atom stereocenters. The van der Waals surface area contributed by atoms with Crippen molar-refractivity contribution in [2.45, 2.75) is 26.3 Å². The van der Waals surface area contributed by atoms with Crippen molar-refractivity contribution in [3.63, 3.8) is 0 Å². The first-order valence-electron chi connectivity index (χ1n) is 6.84. The molecule has 1 fully saturated rings. The molecule has 2 rings (SSSR count). The average Bonchev–Trinajstić information content (AvgIpc) is 3.06. The van der Waals surface area contributed by atoms with E-state index < -0.39 is 0 Å². The molecule has 0 bridgehead atoms.